The van der Waals surface area contributed by atoms with Gasteiger partial charge in [-0.05, 0) is 12.1 Å². The molecule has 0 bridgehead atoms. The zero-order valence-electron chi connectivity index (χ0n) is 10.6. The predicted octanol–water partition coefficient (Wildman–Crippen LogP) is 1.40. The average Bonchev–Trinajstić information content (AvgIpc) is 2.84. The van der Waals surface area contributed by atoms with Crippen LogP contribution in [0.2, 0.25) is 0 Å². The maximum absolute atomic E-state index is 11.2. The summed E-state index contributed by atoms with van der Waals surface area (Å²) in [5, 5.41) is 8.79. The Balaban J connectivity index is 1.92. The average molecular weight is 262 g/mol. The van der Waals surface area contributed by atoms with Crippen LogP contribution in [0.5, 0.6) is 11.5 Å². The van der Waals surface area contributed by atoms with Crippen molar-refractivity contribution in [1.82, 2.24) is 4.90 Å². The molecule has 0 atom stereocenters. The van der Waals surface area contributed by atoms with Crippen LogP contribution in [-0.2, 0) is 4.74 Å². The molecule has 1 fully saturated rings. The molecule has 1 amide bonds. The van der Waals surface area contributed by atoms with E-state index >= 15 is 0 Å². The Morgan fingerprint density at radius 2 is 2.32 bits per heavy atom. The van der Waals surface area contributed by atoms with Crippen LogP contribution in [0.1, 0.15) is 5.56 Å². The van der Waals surface area contributed by atoms with E-state index in [1.165, 1.54) is 7.11 Å². The summed E-state index contributed by atoms with van der Waals surface area (Å²) in [6.07, 6.45) is -0.310. The number of nitrogens with zero attached hydrogens (tertiary/aromatic N) is 2. The van der Waals surface area contributed by atoms with Crippen LogP contribution >= 0.6 is 0 Å². The molecule has 1 aliphatic heterocycles. The number of ether oxygens (including phenoxy) is 3. The molecule has 0 unspecified atom stereocenters. The molecule has 0 aliphatic carbocycles. The quantitative estimate of drug-likeness (QED) is 0.802. The van der Waals surface area contributed by atoms with Crippen molar-refractivity contribution in [2.24, 2.45) is 0 Å². The van der Waals surface area contributed by atoms with Crippen molar-refractivity contribution in [2.75, 3.05) is 33.4 Å². The zero-order chi connectivity index (χ0) is 13.7. The lowest BCUT2D eigenvalue weighted by Gasteiger charge is -2.14. The number of cyclic esters (lactones) is 1. The molecular formula is C13H14N2O4. The molecule has 0 spiro atoms. The van der Waals surface area contributed by atoms with E-state index in [2.05, 4.69) is 0 Å². The van der Waals surface area contributed by atoms with E-state index in [4.69, 9.17) is 19.5 Å². The van der Waals surface area contributed by atoms with Crippen molar-refractivity contribution >= 4 is 6.09 Å². The highest BCUT2D eigenvalue weighted by Gasteiger charge is 2.21. The van der Waals surface area contributed by atoms with Gasteiger partial charge in [-0.2, -0.15) is 5.26 Å². The lowest BCUT2D eigenvalue weighted by molar-refractivity contribution is 0.152. The van der Waals surface area contributed by atoms with E-state index in [-0.39, 0.29) is 6.09 Å². The highest BCUT2D eigenvalue weighted by atomic mass is 16.6. The van der Waals surface area contributed by atoms with Crippen molar-refractivity contribution in [3.63, 3.8) is 0 Å². The minimum absolute atomic E-state index is 0.310. The summed E-state index contributed by atoms with van der Waals surface area (Å²) in [4.78, 5) is 12.8. The molecule has 2 rings (SSSR count). The second-order valence-corrected chi connectivity index (χ2v) is 3.93. The Bertz CT molecular complexity index is 510. The molecule has 0 aromatic heterocycles. The standard InChI is InChI=1S/C13H14N2O4/c1-17-12-8-10(9-14)2-3-11(12)18-6-4-15-5-7-19-13(15)16/h2-3,8H,4-7H2,1H3. The third-order valence-electron chi connectivity index (χ3n) is 2.76. The zero-order valence-corrected chi connectivity index (χ0v) is 10.6. The van der Waals surface area contributed by atoms with E-state index in [1.54, 1.807) is 23.1 Å². The fourth-order valence-electron chi connectivity index (χ4n) is 1.75. The number of rotatable bonds is 5. The number of methoxy groups -OCH3 is 1. The first-order chi connectivity index (χ1) is 9.24. The van der Waals surface area contributed by atoms with Crippen LogP contribution in [-0.4, -0.2) is 44.4 Å². The van der Waals surface area contributed by atoms with Gasteiger partial charge in [0.15, 0.2) is 11.5 Å². The Morgan fingerprint density at radius 1 is 1.47 bits per heavy atom. The van der Waals surface area contributed by atoms with Crippen LogP contribution in [0.15, 0.2) is 18.2 Å². The van der Waals surface area contributed by atoms with Crippen molar-refractivity contribution in [1.29, 1.82) is 5.26 Å². The van der Waals surface area contributed by atoms with Crippen LogP contribution in [0, 0.1) is 11.3 Å². The van der Waals surface area contributed by atoms with E-state index in [1.807, 2.05) is 6.07 Å². The summed E-state index contributed by atoms with van der Waals surface area (Å²) < 4.78 is 15.5. The minimum atomic E-state index is -0.310. The topological polar surface area (TPSA) is 71.8 Å². The summed E-state index contributed by atoms with van der Waals surface area (Å²) in [7, 11) is 1.52. The SMILES string of the molecule is COc1cc(C#N)ccc1OCCN1CCOC1=O. The molecule has 19 heavy (non-hydrogen) atoms. The van der Waals surface area contributed by atoms with E-state index < -0.39 is 0 Å². The Morgan fingerprint density at radius 3 is 2.95 bits per heavy atom. The van der Waals surface area contributed by atoms with Crippen LogP contribution < -0.4 is 9.47 Å². The number of amides is 1. The molecule has 6 nitrogen and oxygen atoms in total. The van der Waals surface area contributed by atoms with Gasteiger partial charge < -0.3 is 19.1 Å². The molecule has 0 saturated carbocycles. The van der Waals surface area contributed by atoms with Gasteiger partial charge in [-0.1, -0.05) is 0 Å². The molecule has 1 aromatic carbocycles. The van der Waals surface area contributed by atoms with E-state index in [0.29, 0.717) is 43.4 Å². The Hall–Kier alpha value is -2.42. The first kappa shape index (κ1) is 13.0. The van der Waals surface area contributed by atoms with Gasteiger partial charge in [0.2, 0.25) is 0 Å². The first-order valence-corrected chi connectivity index (χ1v) is 5.87. The molecule has 100 valence electrons. The normalized spacial score (nSPS) is 13.9. The number of nitriles is 1. The van der Waals surface area contributed by atoms with Crippen LogP contribution in [0.4, 0.5) is 4.79 Å². The van der Waals surface area contributed by atoms with E-state index in [0.717, 1.165) is 0 Å². The summed E-state index contributed by atoms with van der Waals surface area (Å²) >= 11 is 0. The van der Waals surface area contributed by atoms with Gasteiger partial charge in [0.25, 0.3) is 0 Å². The molecule has 1 aromatic rings. The van der Waals surface area contributed by atoms with Crippen molar-refractivity contribution < 1.29 is 19.0 Å². The lowest BCUT2D eigenvalue weighted by Crippen LogP contribution is -2.29. The van der Waals surface area contributed by atoms with Gasteiger partial charge in [-0.15, -0.1) is 0 Å². The fraction of sp³-hybridized carbons (Fsp3) is 0.385. The van der Waals surface area contributed by atoms with Crippen molar-refractivity contribution in [3.05, 3.63) is 23.8 Å². The number of carbonyl (C=O) groups excluding carboxylic acids is 1. The summed E-state index contributed by atoms with van der Waals surface area (Å²) in [6.45, 7) is 1.82. The number of hydrogen-bond donors (Lipinski definition) is 0. The second-order valence-electron chi connectivity index (χ2n) is 3.93. The maximum atomic E-state index is 11.2. The van der Waals surface area contributed by atoms with Gasteiger partial charge in [0.1, 0.15) is 13.2 Å². The first-order valence-electron chi connectivity index (χ1n) is 5.87. The summed E-state index contributed by atoms with van der Waals surface area (Å²) in [5.74, 6) is 1.05. The fourth-order valence-corrected chi connectivity index (χ4v) is 1.75. The Labute approximate surface area is 111 Å². The molecule has 1 saturated heterocycles. The van der Waals surface area contributed by atoms with Crippen LogP contribution in [0.3, 0.4) is 0 Å². The molecule has 1 heterocycles. The van der Waals surface area contributed by atoms with Crippen molar-refractivity contribution in [3.8, 4) is 17.6 Å². The molecular weight excluding hydrogens is 248 g/mol. The molecule has 6 heteroatoms. The van der Waals surface area contributed by atoms with Gasteiger partial charge in [-0.3, -0.25) is 0 Å². The summed E-state index contributed by atoms with van der Waals surface area (Å²) in [5.41, 5.74) is 0.507. The highest BCUT2D eigenvalue weighted by molar-refractivity contribution is 5.69. The third kappa shape index (κ3) is 3.07. The second kappa shape index (κ2) is 5.96. The van der Waals surface area contributed by atoms with E-state index in [9.17, 15) is 4.79 Å². The third-order valence-corrected chi connectivity index (χ3v) is 2.76. The molecule has 0 radical (unpaired) electrons. The highest BCUT2D eigenvalue weighted by Crippen LogP contribution is 2.27. The van der Waals surface area contributed by atoms with Crippen LogP contribution in [0.25, 0.3) is 0 Å². The van der Waals surface area contributed by atoms with Gasteiger partial charge in [0, 0.05) is 6.07 Å². The largest absolute Gasteiger partial charge is 0.493 e. The Kier molecular flexibility index (Phi) is 4.08. The van der Waals surface area contributed by atoms with Gasteiger partial charge in [-0.25, -0.2) is 4.79 Å². The predicted molar refractivity (Wildman–Crippen MR) is 66.1 cm³/mol. The number of carbonyl (C=O) groups is 1. The smallest absolute Gasteiger partial charge is 0.410 e. The monoisotopic (exact) mass is 262 g/mol. The summed E-state index contributed by atoms with van der Waals surface area (Å²) in [6, 6.07) is 6.98. The number of benzene rings is 1. The van der Waals surface area contributed by atoms with Gasteiger partial charge in [0.05, 0.1) is 31.8 Å². The van der Waals surface area contributed by atoms with Gasteiger partial charge >= 0.3 is 6.09 Å². The molecule has 1 aliphatic rings. The number of hydrogen-bond acceptors (Lipinski definition) is 5. The minimum Gasteiger partial charge on any atom is -0.493 e. The van der Waals surface area contributed by atoms with Crippen molar-refractivity contribution in [2.45, 2.75) is 0 Å². The lowest BCUT2D eigenvalue weighted by atomic mass is 10.2. The maximum Gasteiger partial charge on any atom is 0.410 e. The molecule has 0 N–H and O–H groups in total.